The fraction of sp³-hybridized carbons (Fsp3) is 0.429. The van der Waals surface area contributed by atoms with Crippen LogP contribution in [-0.2, 0) is 0 Å². The number of carbonyl (C=O) groups excluding carboxylic acids is 1. The minimum absolute atomic E-state index is 0.0609. The first-order valence-electron chi connectivity index (χ1n) is 6.54. The van der Waals surface area contributed by atoms with Gasteiger partial charge in [0.2, 0.25) is 0 Å². The van der Waals surface area contributed by atoms with Crippen molar-refractivity contribution in [2.45, 2.75) is 37.6 Å². The van der Waals surface area contributed by atoms with Crippen molar-refractivity contribution in [1.82, 2.24) is 5.32 Å². The Balaban J connectivity index is 2.11. The molecule has 0 saturated heterocycles. The molecule has 0 bridgehead atoms. The SMILES string of the molecule is N#CC1(NC(=O)c2ccc([N+](=O)[O-])cc2)CCCCC1. The summed E-state index contributed by atoms with van der Waals surface area (Å²) in [4.78, 5) is 22.2. The largest absolute Gasteiger partial charge is 0.334 e. The molecular weight excluding hydrogens is 258 g/mol. The van der Waals surface area contributed by atoms with Crippen molar-refractivity contribution in [1.29, 1.82) is 5.26 Å². The summed E-state index contributed by atoms with van der Waals surface area (Å²) in [7, 11) is 0. The molecule has 0 radical (unpaired) electrons. The first-order valence-corrected chi connectivity index (χ1v) is 6.54. The summed E-state index contributed by atoms with van der Waals surface area (Å²) in [6, 6.07) is 7.59. The Kier molecular flexibility index (Phi) is 3.99. The van der Waals surface area contributed by atoms with Gasteiger partial charge in [0.15, 0.2) is 0 Å². The average Bonchev–Trinajstić information content (AvgIpc) is 2.48. The second kappa shape index (κ2) is 5.70. The Bertz CT molecular complexity index is 554. The minimum Gasteiger partial charge on any atom is -0.334 e. The summed E-state index contributed by atoms with van der Waals surface area (Å²) < 4.78 is 0. The number of nitrogens with zero attached hydrogens (tertiary/aromatic N) is 2. The molecule has 0 atom stereocenters. The maximum atomic E-state index is 12.1. The van der Waals surface area contributed by atoms with Crippen molar-refractivity contribution < 1.29 is 9.72 Å². The smallest absolute Gasteiger partial charge is 0.269 e. The van der Waals surface area contributed by atoms with Crippen LogP contribution >= 0.6 is 0 Å². The molecule has 1 saturated carbocycles. The van der Waals surface area contributed by atoms with Crippen molar-refractivity contribution in [3.8, 4) is 6.07 Å². The van der Waals surface area contributed by atoms with Crippen LogP contribution in [0.5, 0.6) is 0 Å². The number of carbonyl (C=O) groups is 1. The first kappa shape index (κ1) is 14.0. The van der Waals surface area contributed by atoms with E-state index in [9.17, 15) is 20.2 Å². The van der Waals surface area contributed by atoms with Crippen molar-refractivity contribution in [3.05, 3.63) is 39.9 Å². The van der Waals surface area contributed by atoms with Crippen molar-refractivity contribution in [3.63, 3.8) is 0 Å². The van der Waals surface area contributed by atoms with Gasteiger partial charge in [0, 0.05) is 17.7 Å². The highest BCUT2D eigenvalue weighted by Gasteiger charge is 2.33. The molecule has 1 aromatic rings. The van der Waals surface area contributed by atoms with E-state index in [4.69, 9.17) is 0 Å². The van der Waals surface area contributed by atoms with Gasteiger partial charge >= 0.3 is 0 Å². The van der Waals surface area contributed by atoms with Crippen molar-refractivity contribution >= 4 is 11.6 Å². The van der Waals surface area contributed by atoms with E-state index in [1.807, 2.05) is 0 Å². The Hall–Kier alpha value is -2.42. The third kappa shape index (κ3) is 2.94. The summed E-state index contributed by atoms with van der Waals surface area (Å²) >= 11 is 0. The standard InChI is InChI=1S/C14H15N3O3/c15-10-14(8-2-1-3-9-14)16-13(18)11-4-6-12(7-5-11)17(19)20/h4-7H,1-3,8-9H2,(H,16,18). The number of nitro benzene ring substituents is 1. The third-order valence-electron chi connectivity index (χ3n) is 3.61. The zero-order chi connectivity index (χ0) is 14.6. The van der Waals surface area contributed by atoms with Gasteiger partial charge in [-0.3, -0.25) is 14.9 Å². The molecule has 1 aliphatic rings. The number of amides is 1. The van der Waals surface area contributed by atoms with Crippen LogP contribution in [0.3, 0.4) is 0 Å². The highest BCUT2D eigenvalue weighted by Crippen LogP contribution is 2.28. The van der Waals surface area contributed by atoms with Gasteiger partial charge in [-0.1, -0.05) is 19.3 Å². The van der Waals surface area contributed by atoms with Gasteiger partial charge in [-0.25, -0.2) is 0 Å². The number of hydrogen-bond donors (Lipinski definition) is 1. The fourth-order valence-corrected chi connectivity index (χ4v) is 2.44. The number of nitro groups is 1. The van der Waals surface area contributed by atoms with Crippen molar-refractivity contribution in [2.75, 3.05) is 0 Å². The monoisotopic (exact) mass is 273 g/mol. The highest BCUT2D eigenvalue weighted by molar-refractivity contribution is 5.95. The molecule has 1 amide bonds. The summed E-state index contributed by atoms with van der Waals surface area (Å²) in [5, 5.41) is 22.6. The van der Waals surface area contributed by atoms with Crippen LogP contribution in [0, 0.1) is 21.4 Å². The zero-order valence-electron chi connectivity index (χ0n) is 11.0. The van der Waals surface area contributed by atoms with Crippen LogP contribution in [0.1, 0.15) is 42.5 Å². The molecule has 104 valence electrons. The van der Waals surface area contributed by atoms with Gasteiger partial charge in [0.05, 0.1) is 11.0 Å². The van der Waals surface area contributed by atoms with Crippen molar-refractivity contribution in [2.24, 2.45) is 0 Å². The normalized spacial score (nSPS) is 16.9. The molecule has 1 fully saturated rings. The van der Waals surface area contributed by atoms with E-state index in [0.717, 1.165) is 19.3 Å². The predicted octanol–water partition coefficient (Wildman–Crippen LogP) is 2.55. The van der Waals surface area contributed by atoms with E-state index in [0.29, 0.717) is 18.4 Å². The molecule has 1 N–H and O–H groups in total. The molecule has 6 heteroatoms. The number of benzene rings is 1. The molecule has 6 nitrogen and oxygen atoms in total. The average molecular weight is 273 g/mol. The molecule has 0 spiro atoms. The van der Waals surface area contributed by atoms with Crippen LogP contribution in [0.15, 0.2) is 24.3 Å². The lowest BCUT2D eigenvalue weighted by atomic mass is 9.82. The molecule has 1 aliphatic carbocycles. The van der Waals surface area contributed by atoms with Gasteiger partial charge in [-0.05, 0) is 25.0 Å². The maximum Gasteiger partial charge on any atom is 0.269 e. The molecule has 0 aromatic heterocycles. The number of nitriles is 1. The van der Waals surface area contributed by atoms with E-state index >= 15 is 0 Å². The molecule has 20 heavy (non-hydrogen) atoms. The van der Waals surface area contributed by atoms with E-state index in [2.05, 4.69) is 11.4 Å². The molecule has 1 aromatic carbocycles. The number of nitrogens with one attached hydrogen (secondary N) is 1. The van der Waals surface area contributed by atoms with Crippen LogP contribution in [0.4, 0.5) is 5.69 Å². The summed E-state index contributed by atoms with van der Waals surface area (Å²) in [5.41, 5.74) is -0.526. The van der Waals surface area contributed by atoms with E-state index in [1.54, 1.807) is 0 Å². The molecule has 2 rings (SSSR count). The molecule has 0 unspecified atom stereocenters. The Morgan fingerprint density at radius 2 is 1.85 bits per heavy atom. The zero-order valence-corrected chi connectivity index (χ0v) is 11.0. The van der Waals surface area contributed by atoms with E-state index < -0.39 is 10.5 Å². The number of rotatable bonds is 3. The molecule has 0 aliphatic heterocycles. The van der Waals surface area contributed by atoms with Gasteiger partial charge in [0.25, 0.3) is 11.6 Å². The third-order valence-corrected chi connectivity index (χ3v) is 3.61. The highest BCUT2D eigenvalue weighted by atomic mass is 16.6. The quantitative estimate of drug-likeness (QED) is 0.676. The maximum absolute atomic E-state index is 12.1. The van der Waals surface area contributed by atoms with Gasteiger partial charge in [0.1, 0.15) is 5.54 Å². The fourth-order valence-electron chi connectivity index (χ4n) is 2.44. The Morgan fingerprint density at radius 3 is 2.35 bits per heavy atom. The molecular formula is C14H15N3O3. The second-order valence-corrected chi connectivity index (χ2v) is 5.01. The molecule has 0 heterocycles. The van der Waals surface area contributed by atoms with E-state index in [-0.39, 0.29) is 11.6 Å². The van der Waals surface area contributed by atoms with Crippen LogP contribution in [0.2, 0.25) is 0 Å². The van der Waals surface area contributed by atoms with Gasteiger partial charge in [-0.2, -0.15) is 5.26 Å². The van der Waals surface area contributed by atoms with Crippen LogP contribution in [-0.4, -0.2) is 16.4 Å². The van der Waals surface area contributed by atoms with Gasteiger partial charge < -0.3 is 5.32 Å². The Labute approximate surface area is 116 Å². The topological polar surface area (TPSA) is 96.0 Å². The summed E-state index contributed by atoms with van der Waals surface area (Å²) in [6.07, 6.45) is 4.24. The summed E-state index contributed by atoms with van der Waals surface area (Å²) in [5.74, 6) is -0.358. The minimum atomic E-state index is -0.795. The number of hydrogen-bond acceptors (Lipinski definition) is 4. The van der Waals surface area contributed by atoms with E-state index in [1.165, 1.54) is 24.3 Å². The van der Waals surface area contributed by atoms with Crippen LogP contribution in [0.25, 0.3) is 0 Å². The lowest BCUT2D eigenvalue weighted by Crippen LogP contribution is -2.48. The Morgan fingerprint density at radius 1 is 1.25 bits per heavy atom. The van der Waals surface area contributed by atoms with Crippen LogP contribution < -0.4 is 5.32 Å². The number of non-ortho nitro benzene ring substituents is 1. The van der Waals surface area contributed by atoms with Gasteiger partial charge in [-0.15, -0.1) is 0 Å². The predicted molar refractivity (Wildman–Crippen MR) is 72.0 cm³/mol. The lowest BCUT2D eigenvalue weighted by Gasteiger charge is -2.31. The lowest BCUT2D eigenvalue weighted by molar-refractivity contribution is -0.384. The second-order valence-electron chi connectivity index (χ2n) is 5.01. The first-order chi connectivity index (χ1) is 9.56. The summed E-state index contributed by atoms with van der Waals surface area (Å²) in [6.45, 7) is 0.